The van der Waals surface area contributed by atoms with Crippen LogP contribution in [0, 0.1) is 5.41 Å². The first-order valence-corrected chi connectivity index (χ1v) is 8.96. The van der Waals surface area contributed by atoms with E-state index in [0.717, 1.165) is 0 Å². The van der Waals surface area contributed by atoms with E-state index in [1.807, 2.05) is 0 Å². The molecule has 1 saturated heterocycles. The van der Waals surface area contributed by atoms with Crippen LogP contribution in [0.3, 0.4) is 0 Å². The largest absolute Gasteiger partial charge is 0.425 e. The summed E-state index contributed by atoms with van der Waals surface area (Å²) < 4.78 is 15.5. The lowest BCUT2D eigenvalue weighted by molar-refractivity contribution is -0.190. The fraction of sp³-hybridized carbons (Fsp3) is 0.688. The first-order valence-electron chi connectivity index (χ1n) is 7.91. The summed E-state index contributed by atoms with van der Waals surface area (Å²) >= 11 is 1.48. The molecule has 1 fully saturated rings. The van der Waals surface area contributed by atoms with Crippen molar-refractivity contribution >= 4 is 29.6 Å². The average molecular weight is 372 g/mol. The number of carbonyl (C=O) groups is 3. The quantitative estimate of drug-likeness (QED) is 0.425. The monoisotopic (exact) mass is 372 g/mol. The van der Waals surface area contributed by atoms with Crippen LogP contribution < -0.4 is 5.73 Å². The maximum atomic E-state index is 12.6. The highest BCUT2D eigenvalue weighted by Crippen LogP contribution is 2.39. The van der Waals surface area contributed by atoms with Crippen molar-refractivity contribution in [1.29, 1.82) is 0 Å². The topological polar surface area (TPSA) is 108 Å². The molecule has 0 spiro atoms. The molecular weight excluding hydrogens is 348 g/mol. The van der Waals surface area contributed by atoms with Gasteiger partial charge < -0.3 is 19.9 Å². The van der Waals surface area contributed by atoms with Crippen molar-refractivity contribution in [2.45, 2.75) is 45.4 Å². The zero-order chi connectivity index (χ0) is 18.9. The Morgan fingerprint density at radius 2 is 2.00 bits per heavy atom. The number of amides is 1. The normalized spacial score (nSPS) is 24.4. The molecule has 25 heavy (non-hydrogen) atoms. The second-order valence-electron chi connectivity index (χ2n) is 6.95. The molecule has 0 aromatic carbocycles. The predicted octanol–water partition coefficient (Wildman–Crippen LogP) is 0.608. The van der Waals surface area contributed by atoms with E-state index in [1.165, 1.54) is 30.7 Å². The first-order chi connectivity index (χ1) is 11.6. The summed E-state index contributed by atoms with van der Waals surface area (Å²) in [6, 6.07) is -0.631. The number of hydrogen-bond acceptors (Lipinski definition) is 8. The Hall–Kier alpha value is -1.58. The van der Waals surface area contributed by atoms with E-state index < -0.39 is 29.7 Å². The summed E-state index contributed by atoms with van der Waals surface area (Å²) in [5.41, 5.74) is 5.85. The van der Waals surface area contributed by atoms with Crippen molar-refractivity contribution < 1.29 is 28.6 Å². The van der Waals surface area contributed by atoms with E-state index in [-0.39, 0.29) is 23.6 Å². The molecule has 8 nitrogen and oxygen atoms in total. The number of nitrogens with zero attached hydrogens (tertiary/aromatic N) is 1. The van der Waals surface area contributed by atoms with Gasteiger partial charge in [0.1, 0.15) is 17.1 Å². The Kier molecular flexibility index (Phi) is 5.80. The SMILES string of the molecule is COCC1=C(C(=O)O[C@@H](C)OC(=O)C(C)(C)C)N2C(=O)[C@@H](N)[C@H]2SC1. The van der Waals surface area contributed by atoms with Crippen molar-refractivity contribution in [1.82, 2.24) is 4.90 Å². The number of hydrogen-bond donors (Lipinski definition) is 1. The molecule has 140 valence electrons. The minimum atomic E-state index is -1.08. The average Bonchev–Trinajstić information content (AvgIpc) is 2.52. The Labute approximate surface area is 151 Å². The molecule has 0 unspecified atom stereocenters. The molecule has 2 rings (SSSR count). The highest BCUT2D eigenvalue weighted by atomic mass is 32.2. The second-order valence-corrected chi connectivity index (χ2v) is 8.05. The number of β-lactam (4-membered cyclic amide) rings is 1. The van der Waals surface area contributed by atoms with Crippen LogP contribution in [-0.2, 0) is 28.6 Å². The molecule has 0 radical (unpaired) electrons. The van der Waals surface area contributed by atoms with Gasteiger partial charge in [0, 0.05) is 19.8 Å². The third kappa shape index (κ3) is 3.99. The lowest BCUT2D eigenvalue weighted by Gasteiger charge is -2.48. The van der Waals surface area contributed by atoms with Gasteiger partial charge in [-0.15, -0.1) is 11.8 Å². The van der Waals surface area contributed by atoms with E-state index >= 15 is 0 Å². The Bertz CT molecular complexity index is 612. The summed E-state index contributed by atoms with van der Waals surface area (Å²) in [6.45, 7) is 6.75. The highest BCUT2D eigenvalue weighted by Gasteiger charge is 2.52. The molecule has 0 aromatic rings. The van der Waals surface area contributed by atoms with Gasteiger partial charge in [-0.1, -0.05) is 0 Å². The number of fused-ring (bicyclic) bond motifs is 1. The molecule has 0 aliphatic carbocycles. The van der Waals surface area contributed by atoms with Gasteiger partial charge in [0.25, 0.3) is 0 Å². The number of methoxy groups -OCH3 is 1. The molecular formula is C16H24N2O6S. The van der Waals surface area contributed by atoms with Crippen molar-refractivity contribution in [2.75, 3.05) is 19.5 Å². The van der Waals surface area contributed by atoms with Crippen molar-refractivity contribution in [2.24, 2.45) is 11.1 Å². The third-order valence-corrected chi connectivity index (χ3v) is 5.12. The van der Waals surface area contributed by atoms with E-state index in [0.29, 0.717) is 11.3 Å². The smallest absolute Gasteiger partial charge is 0.358 e. The zero-order valence-corrected chi connectivity index (χ0v) is 15.8. The fourth-order valence-corrected chi connectivity index (χ4v) is 3.69. The molecule has 2 aliphatic heterocycles. The van der Waals surface area contributed by atoms with Gasteiger partial charge in [0.05, 0.1) is 12.0 Å². The van der Waals surface area contributed by atoms with Crippen molar-refractivity contribution in [3.8, 4) is 0 Å². The minimum absolute atomic E-state index is 0.135. The zero-order valence-electron chi connectivity index (χ0n) is 15.0. The van der Waals surface area contributed by atoms with Crippen LogP contribution in [0.5, 0.6) is 0 Å². The van der Waals surface area contributed by atoms with Gasteiger partial charge in [0.2, 0.25) is 12.2 Å². The van der Waals surface area contributed by atoms with Gasteiger partial charge in [-0.25, -0.2) is 4.79 Å². The van der Waals surface area contributed by atoms with Crippen molar-refractivity contribution in [3.05, 3.63) is 11.3 Å². The summed E-state index contributed by atoms with van der Waals surface area (Å²) in [7, 11) is 1.50. The van der Waals surface area contributed by atoms with E-state index in [9.17, 15) is 14.4 Å². The van der Waals surface area contributed by atoms with Crippen LogP contribution in [-0.4, -0.2) is 59.9 Å². The Morgan fingerprint density at radius 3 is 2.56 bits per heavy atom. The van der Waals surface area contributed by atoms with Crippen LogP contribution in [0.1, 0.15) is 27.7 Å². The standard InChI is InChI=1S/C16H24N2O6S/c1-8(24-15(21)16(2,3)4)23-14(20)11-9(6-22-5)7-25-13-10(17)12(19)18(11)13/h8,10,13H,6-7,17H2,1-5H3/t8-,10-,13-/m1/s1. The molecule has 1 amide bonds. The van der Waals surface area contributed by atoms with Crippen molar-refractivity contribution in [3.63, 3.8) is 0 Å². The summed E-state index contributed by atoms with van der Waals surface area (Å²) in [5, 5.41) is -0.289. The number of ether oxygens (including phenoxy) is 3. The lowest BCUT2D eigenvalue weighted by atomic mass is 9.97. The minimum Gasteiger partial charge on any atom is -0.425 e. The molecule has 0 aromatic heterocycles. The van der Waals surface area contributed by atoms with Crippen LogP contribution >= 0.6 is 11.8 Å². The van der Waals surface area contributed by atoms with Gasteiger partial charge >= 0.3 is 11.9 Å². The maximum Gasteiger partial charge on any atom is 0.358 e. The number of rotatable bonds is 5. The molecule has 2 N–H and O–H groups in total. The number of carbonyl (C=O) groups excluding carboxylic acids is 3. The summed E-state index contributed by atoms with van der Waals surface area (Å²) in [5.74, 6) is -1.04. The van der Waals surface area contributed by atoms with Gasteiger partial charge in [-0.3, -0.25) is 14.5 Å². The summed E-state index contributed by atoms with van der Waals surface area (Å²) in [6.07, 6.45) is -1.08. The molecule has 2 heterocycles. The van der Waals surface area contributed by atoms with Crippen LogP contribution in [0.4, 0.5) is 0 Å². The Balaban J connectivity index is 2.14. The fourth-order valence-electron chi connectivity index (χ4n) is 2.41. The lowest BCUT2D eigenvalue weighted by Crippen LogP contribution is -2.68. The number of thioether (sulfide) groups is 1. The number of nitrogens with two attached hydrogens (primary N) is 1. The van der Waals surface area contributed by atoms with Crippen LogP contribution in [0.25, 0.3) is 0 Å². The molecule has 0 bridgehead atoms. The summed E-state index contributed by atoms with van der Waals surface area (Å²) in [4.78, 5) is 37.9. The Morgan fingerprint density at radius 1 is 1.36 bits per heavy atom. The van der Waals surface area contributed by atoms with Gasteiger partial charge in [-0.05, 0) is 26.3 Å². The third-order valence-electron chi connectivity index (χ3n) is 3.76. The van der Waals surface area contributed by atoms with E-state index in [2.05, 4.69) is 0 Å². The molecule has 0 saturated carbocycles. The number of esters is 2. The van der Waals surface area contributed by atoms with E-state index in [1.54, 1.807) is 20.8 Å². The van der Waals surface area contributed by atoms with Gasteiger partial charge in [0.15, 0.2) is 0 Å². The molecule has 3 atom stereocenters. The molecule has 9 heteroatoms. The molecule has 2 aliphatic rings. The van der Waals surface area contributed by atoms with Crippen LogP contribution in [0.2, 0.25) is 0 Å². The predicted molar refractivity (Wildman–Crippen MR) is 91.1 cm³/mol. The maximum absolute atomic E-state index is 12.6. The second kappa shape index (κ2) is 7.35. The highest BCUT2D eigenvalue weighted by molar-refractivity contribution is 8.00. The van der Waals surface area contributed by atoms with E-state index in [4.69, 9.17) is 19.9 Å². The van der Waals surface area contributed by atoms with Crippen LogP contribution in [0.15, 0.2) is 11.3 Å². The first kappa shape index (κ1) is 19.7. The van der Waals surface area contributed by atoms with Gasteiger partial charge in [-0.2, -0.15) is 0 Å².